The van der Waals surface area contributed by atoms with E-state index in [4.69, 9.17) is 4.74 Å². The van der Waals surface area contributed by atoms with E-state index in [1.54, 1.807) is 24.1 Å². The van der Waals surface area contributed by atoms with E-state index in [0.717, 1.165) is 6.42 Å². The molecule has 0 unspecified atom stereocenters. The minimum absolute atomic E-state index is 0.0575. The van der Waals surface area contributed by atoms with Gasteiger partial charge in [0.2, 0.25) is 11.8 Å². The lowest BCUT2D eigenvalue weighted by Gasteiger charge is -2.19. The molecule has 0 aliphatic heterocycles. The first-order valence-corrected chi connectivity index (χ1v) is 7.52. The number of nitrogens with one attached hydrogen (secondary N) is 2. The SMILES string of the molecule is CCCNC(=O)CN(CC)CC(=O)Nc1cccc(OC)c1. The van der Waals surface area contributed by atoms with Gasteiger partial charge in [-0.25, -0.2) is 0 Å². The molecule has 0 spiro atoms. The Morgan fingerprint density at radius 2 is 1.91 bits per heavy atom. The highest BCUT2D eigenvalue weighted by molar-refractivity contribution is 5.92. The van der Waals surface area contributed by atoms with Crippen LogP contribution in [0.2, 0.25) is 0 Å². The number of likely N-dealkylation sites (N-methyl/N-ethyl adjacent to an activating group) is 1. The number of hydrogen-bond acceptors (Lipinski definition) is 4. The average Bonchev–Trinajstić information content (AvgIpc) is 2.52. The lowest BCUT2D eigenvalue weighted by molar-refractivity contribution is -0.123. The number of hydrogen-bond donors (Lipinski definition) is 2. The Morgan fingerprint density at radius 3 is 2.55 bits per heavy atom. The summed E-state index contributed by atoms with van der Waals surface area (Å²) in [6, 6.07) is 7.17. The minimum Gasteiger partial charge on any atom is -0.497 e. The van der Waals surface area contributed by atoms with E-state index in [1.165, 1.54) is 0 Å². The number of nitrogens with zero attached hydrogens (tertiary/aromatic N) is 1. The quantitative estimate of drug-likeness (QED) is 0.725. The normalized spacial score (nSPS) is 10.4. The number of benzene rings is 1. The van der Waals surface area contributed by atoms with Crippen LogP contribution in [0.5, 0.6) is 5.75 Å². The van der Waals surface area contributed by atoms with Gasteiger partial charge in [0, 0.05) is 18.3 Å². The van der Waals surface area contributed by atoms with Gasteiger partial charge in [0.05, 0.1) is 20.2 Å². The Bertz CT molecular complexity index is 491. The Balaban J connectivity index is 2.48. The monoisotopic (exact) mass is 307 g/mol. The second-order valence-electron chi connectivity index (χ2n) is 4.93. The highest BCUT2D eigenvalue weighted by atomic mass is 16.5. The molecule has 0 saturated heterocycles. The van der Waals surface area contributed by atoms with Gasteiger partial charge in [-0.3, -0.25) is 14.5 Å². The van der Waals surface area contributed by atoms with Crippen LogP contribution in [-0.4, -0.2) is 50.0 Å². The van der Waals surface area contributed by atoms with Crippen molar-refractivity contribution in [1.82, 2.24) is 10.2 Å². The van der Waals surface area contributed by atoms with Crippen LogP contribution < -0.4 is 15.4 Å². The van der Waals surface area contributed by atoms with Gasteiger partial charge in [0.1, 0.15) is 5.75 Å². The summed E-state index contributed by atoms with van der Waals surface area (Å²) in [5.41, 5.74) is 0.677. The fourth-order valence-corrected chi connectivity index (χ4v) is 1.91. The molecule has 122 valence electrons. The molecule has 0 atom stereocenters. The van der Waals surface area contributed by atoms with Crippen LogP contribution >= 0.6 is 0 Å². The van der Waals surface area contributed by atoms with E-state index in [0.29, 0.717) is 24.5 Å². The van der Waals surface area contributed by atoms with Crippen molar-refractivity contribution in [3.8, 4) is 5.75 Å². The molecular weight excluding hydrogens is 282 g/mol. The summed E-state index contributed by atoms with van der Waals surface area (Å²) in [7, 11) is 1.58. The molecule has 1 rings (SSSR count). The molecule has 2 N–H and O–H groups in total. The molecule has 0 aromatic heterocycles. The molecule has 6 heteroatoms. The van der Waals surface area contributed by atoms with E-state index < -0.39 is 0 Å². The number of ether oxygens (including phenoxy) is 1. The smallest absolute Gasteiger partial charge is 0.238 e. The zero-order valence-electron chi connectivity index (χ0n) is 13.5. The minimum atomic E-state index is -0.154. The molecule has 1 aromatic rings. The first-order valence-electron chi connectivity index (χ1n) is 7.52. The Hall–Kier alpha value is -2.08. The third-order valence-electron chi connectivity index (χ3n) is 3.11. The fourth-order valence-electron chi connectivity index (χ4n) is 1.91. The van der Waals surface area contributed by atoms with Crippen molar-refractivity contribution in [1.29, 1.82) is 0 Å². The number of amides is 2. The molecule has 0 aliphatic rings. The Labute approximate surface area is 131 Å². The van der Waals surface area contributed by atoms with Gasteiger partial charge >= 0.3 is 0 Å². The Kier molecular flexibility index (Phi) is 7.99. The highest BCUT2D eigenvalue weighted by Crippen LogP contribution is 2.16. The molecule has 0 bridgehead atoms. The lowest BCUT2D eigenvalue weighted by atomic mass is 10.3. The molecule has 0 aliphatic carbocycles. The highest BCUT2D eigenvalue weighted by Gasteiger charge is 2.13. The molecular formula is C16H25N3O3. The van der Waals surface area contributed by atoms with Crippen molar-refractivity contribution in [2.45, 2.75) is 20.3 Å². The molecule has 0 fully saturated rings. The van der Waals surface area contributed by atoms with Crippen molar-refractivity contribution in [2.75, 3.05) is 38.6 Å². The molecule has 0 saturated carbocycles. The van der Waals surface area contributed by atoms with E-state index >= 15 is 0 Å². The predicted octanol–water partition coefficient (Wildman–Crippen LogP) is 1.48. The van der Waals surface area contributed by atoms with Crippen molar-refractivity contribution < 1.29 is 14.3 Å². The zero-order chi connectivity index (χ0) is 16.4. The fraction of sp³-hybridized carbons (Fsp3) is 0.500. The van der Waals surface area contributed by atoms with Gasteiger partial charge in [-0.05, 0) is 25.1 Å². The van der Waals surface area contributed by atoms with Crippen molar-refractivity contribution in [3.63, 3.8) is 0 Å². The van der Waals surface area contributed by atoms with Gasteiger partial charge in [0.15, 0.2) is 0 Å². The third kappa shape index (κ3) is 6.58. The number of methoxy groups -OCH3 is 1. The summed E-state index contributed by atoms with van der Waals surface area (Å²) in [5.74, 6) is 0.473. The summed E-state index contributed by atoms with van der Waals surface area (Å²) < 4.78 is 5.11. The van der Waals surface area contributed by atoms with Gasteiger partial charge < -0.3 is 15.4 Å². The maximum Gasteiger partial charge on any atom is 0.238 e. The molecule has 6 nitrogen and oxygen atoms in total. The van der Waals surface area contributed by atoms with Crippen LogP contribution in [0.15, 0.2) is 24.3 Å². The maximum absolute atomic E-state index is 12.1. The number of carbonyl (C=O) groups excluding carboxylic acids is 2. The van der Waals surface area contributed by atoms with Gasteiger partial charge in [-0.1, -0.05) is 19.9 Å². The van der Waals surface area contributed by atoms with E-state index in [2.05, 4.69) is 10.6 Å². The van der Waals surface area contributed by atoms with E-state index in [9.17, 15) is 9.59 Å². The number of rotatable bonds is 9. The second-order valence-corrected chi connectivity index (χ2v) is 4.93. The third-order valence-corrected chi connectivity index (χ3v) is 3.11. The van der Waals surface area contributed by atoms with Crippen LogP contribution in [0.3, 0.4) is 0 Å². The Morgan fingerprint density at radius 1 is 1.18 bits per heavy atom. The topological polar surface area (TPSA) is 70.7 Å². The largest absolute Gasteiger partial charge is 0.497 e. The maximum atomic E-state index is 12.1. The van der Waals surface area contributed by atoms with Crippen molar-refractivity contribution in [2.24, 2.45) is 0 Å². The van der Waals surface area contributed by atoms with E-state index in [1.807, 2.05) is 26.0 Å². The molecule has 0 radical (unpaired) electrons. The molecule has 22 heavy (non-hydrogen) atoms. The van der Waals surface area contributed by atoms with Crippen LogP contribution in [0.4, 0.5) is 5.69 Å². The number of carbonyl (C=O) groups is 2. The molecule has 1 aromatic carbocycles. The first-order chi connectivity index (χ1) is 10.6. The predicted molar refractivity (Wildman–Crippen MR) is 87.0 cm³/mol. The van der Waals surface area contributed by atoms with Crippen molar-refractivity contribution in [3.05, 3.63) is 24.3 Å². The first kappa shape index (κ1) is 18.0. The van der Waals surface area contributed by atoms with Crippen LogP contribution in [0.1, 0.15) is 20.3 Å². The lowest BCUT2D eigenvalue weighted by Crippen LogP contribution is -2.41. The molecule has 2 amide bonds. The zero-order valence-corrected chi connectivity index (χ0v) is 13.5. The summed E-state index contributed by atoms with van der Waals surface area (Å²) in [6.07, 6.45) is 0.897. The summed E-state index contributed by atoms with van der Waals surface area (Å²) in [6.45, 7) is 5.61. The van der Waals surface area contributed by atoms with Crippen LogP contribution in [0, 0.1) is 0 Å². The van der Waals surface area contributed by atoms with Gasteiger partial charge in [0.25, 0.3) is 0 Å². The van der Waals surface area contributed by atoms with Gasteiger partial charge in [-0.15, -0.1) is 0 Å². The van der Waals surface area contributed by atoms with E-state index in [-0.39, 0.29) is 24.9 Å². The van der Waals surface area contributed by atoms with Crippen molar-refractivity contribution >= 4 is 17.5 Å². The van der Waals surface area contributed by atoms with Crippen LogP contribution in [-0.2, 0) is 9.59 Å². The summed E-state index contributed by atoms with van der Waals surface area (Å²) >= 11 is 0. The van der Waals surface area contributed by atoms with Gasteiger partial charge in [-0.2, -0.15) is 0 Å². The average molecular weight is 307 g/mol. The summed E-state index contributed by atoms with van der Waals surface area (Å²) in [4.78, 5) is 25.5. The summed E-state index contributed by atoms with van der Waals surface area (Å²) in [5, 5.41) is 5.61. The van der Waals surface area contributed by atoms with Crippen LogP contribution in [0.25, 0.3) is 0 Å². The standard InChI is InChI=1S/C16H25N3O3/c1-4-9-17-15(20)11-19(5-2)12-16(21)18-13-7-6-8-14(10-13)22-3/h6-8,10H,4-5,9,11-12H2,1-3H3,(H,17,20)(H,18,21). The second kappa shape index (κ2) is 9.78. The molecule has 0 heterocycles. The number of anilines is 1.